The molecule has 0 aromatic heterocycles. The lowest BCUT2D eigenvalue weighted by molar-refractivity contribution is -0.303. The summed E-state index contributed by atoms with van der Waals surface area (Å²) in [5, 5.41) is 21.1. The van der Waals surface area contributed by atoms with Crippen LogP contribution in [0.3, 0.4) is 0 Å². The molecule has 0 radical (unpaired) electrons. The third-order valence-electron chi connectivity index (χ3n) is 3.77. The van der Waals surface area contributed by atoms with Crippen molar-refractivity contribution >= 4 is 11.9 Å². The van der Waals surface area contributed by atoms with Gasteiger partial charge in [-0.25, -0.2) is 0 Å². The molecule has 1 aliphatic heterocycles. The van der Waals surface area contributed by atoms with Gasteiger partial charge in [-0.05, 0) is 37.3 Å². The van der Waals surface area contributed by atoms with Crippen LogP contribution in [-0.2, 0) is 14.3 Å². The molecule has 5 nitrogen and oxygen atoms in total. The third kappa shape index (κ3) is 7.85. The van der Waals surface area contributed by atoms with Crippen molar-refractivity contribution < 1.29 is 24.5 Å². The Balaban J connectivity index is 2.09. The van der Waals surface area contributed by atoms with Crippen LogP contribution in [0.1, 0.15) is 64.7 Å². The van der Waals surface area contributed by atoms with E-state index >= 15 is 0 Å². The highest BCUT2D eigenvalue weighted by atomic mass is 16.6. The van der Waals surface area contributed by atoms with Gasteiger partial charge in [-0.1, -0.05) is 39.0 Å². The third-order valence-corrected chi connectivity index (χ3v) is 3.77. The van der Waals surface area contributed by atoms with E-state index in [0.29, 0.717) is 18.6 Å². The van der Waals surface area contributed by atoms with E-state index in [-0.39, 0.29) is 18.1 Å². The van der Waals surface area contributed by atoms with Crippen LogP contribution < -0.4 is 10.2 Å². The van der Waals surface area contributed by atoms with Crippen LogP contribution in [0, 0.1) is 0 Å². The van der Waals surface area contributed by atoms with Crippen LogP contribution in [0.4, 0.5) is 0 Å². The van der Waals surface area contributed by atoms with E-state index in [4.69, 9.17) is 4.74 Å². The number of rotatable bonds is 12. The first kappa shape index (κ1) is 17.7. The minimum absolute atomic E-state index is 0.180. The number of carbonyl (C=O) groups is 2. The van der Waals surface area contributed by atoms with E-state index in [1.165, 1.54) is 32.1 Å². The highest BCUT2D eigenvalue weighted by Gasteiger charge is 2.36. The van der Waals surface area contributed by atoms with Gasteiger partial charge in [-0.3, -0.25) is 0 Å². The Labute approximate surface area is 126 Å². The Morgan fingerprint density at radius 2 is 1.62 bits per heavy atom. The molecule has 0 amide bonds. The zero-order valence-electron chi connectivity index (χ0n) is 12.6. The van der Waals surface area contributed by atoms with Crippen molar-refractivity contribution in [3.05, 3.63) is 11.6 Å². The predicted octanol–water partition coefficient (Wildman–Crippen LogP) is 0.711. The zero-order valence-corrected chi connectivity index (χ0v) is 12.6. The van der Waals surface area contributed by atoms with Crippen LogP contribution in [0.25, 0.3) is 0 Å². The normalized spacial score (nSPS) is 21.3. The van der Waals surface area contributed by atoms with Gasteiger partial charge in [0.1, 0.15) is 0 Å². The van der Waals surface area contributed by atoms with Gasteiger partial charge in [0.25, 0.3) is 0 Å². The molecule has 120 valence electrons. The Morgan fingerprint density at radius 1 is 1.00 bits per heavy atom. The number of hydrogen-bond acceptors (Lipinski definition) is 5. The first-order valence-electron chi connectivity index (χ1n) is 7.83. The summed E-state index contributed by atoms with van der Waals surface area (Å²) in [6.07, 6.45) is 9.93. The number of aliphatic carboxylic acids is 2. The molecule has 2 atom stereocenters. The van der Waals surface area contributed by atoms with Crippen molar-refractivity contribution in [2.45, 2.75) is 76.9 Å². The van der Waals surface area contributed by atoms with Gasteiger partial charge in [0.05, 0.1) is 24.1 Å². The molecule has 21 heavy (non-hydrogen) atoms. The van der Waals surface area contributed by atoms with E-state index < -0.39 is 11.9 Å². The minimum Gasteiger partial charge on any atom is -0.545 e. The maximum atomic E-state index is 10.7. The summed E-state index contributed by atoms with van der Waals surface area (Å²) in [5.41, 5.74) is -0.216. The standard InChI is InChI=1S/C16H26O5/c1-2-3-4-5-6-9-13-14(21-13)10-7-8-12(16(19)20)11-15(17)18/h11,13-14H,2-10H2,1H3,(H,17,18)(H,19,20)/p-2/b12-11-. The summed E-state index contributed by atoms with van der Waals surface area (Å²) in [6.45, 7) is 2.19. The van der Waals surface area contributed by atoms with E-state index in [0.717, 1.165) is 12.8 Å². The zero-order chi connectivity index (χ0) is 15.7. The highest BCUT2D eigenvalue weighted by Crippen LogP contribution is 2.31. The van der Waals surface area contributed by atoms with Crippen molar-refractivity contribution in [2.75, 3.05) is 0 Å². The Kier molecular flexibility index (Phi) is 8.05. The number of epoxide rings is 1. The number of carbonyl (C=O) groups excluding carboxylic acids is 2. The Morgan fingerprint density at radius 3 is 2.19 bits per heavy atom. The summed E-state index contributed by atoms with van der Waals surface area (Å²) in [7, 11) is 0. The molecule has 0 aromatic carbocycles. The van der Waals surface area contributed by atoms with Crippen molar-refractivity contribution in [2.24, 2.45) is 0 Å². The van der Waals surface area contributed by atoms with Crippen LogP contribution in [0.15, 0.2) is 11.6 Å². The quantitative estimate of drug-likeness (QED) is 0.300. The number of carboxylic acids is 2. The van der Waals surface area contributed by atoms with Crippen LogP contribution >= 0.6 is 0 Å². The monoisotopic (exact) mass is 296 g/mol. The van der Waals surface area contributed by atoms with E-state index in [1.54, 1.807) is 0 Å². The van der Waals surface area contributed by atoms with Crippen LogP contribution in [0.5, 0.6) is 0 Å². The molecule has 0 aromatic rings. The second-order valence-corrected chi connectivity index (χ2v) is 5.58. The lowest BCUT2D eigenvalue weighted by atomic mass is 10.0. The summed E-state index contributed by atoms with van der Waals surface area (Å²) in [5.74, 6) is -2.94. The average Bonchev–Trinajstić information content (AvgIpc) is 3.15. The fourth-order valence-electron chi connectivity index (χ4n) is 2.51. The summed E-state index contributed by atoms with van der Waals surface area (Å²) in [6, 6.07) is 0. The Hall–Kier alpha value is -1.36. The molecule has 5 heteroatoms. The summed E-state index contributed by atoms with van der Waals surface area (Å²) in [4.78, 5) is 21.1. The summed E-state index contributed by atoms with van der Waals surface area (Å²) < 4.78 is 5.54. The number of unbranched alkanes of at least 4 members (excludes halogenated alkanes) is 4. The van der Waals surface area contributed by atoms with Crippen molar-refractivity contribution in [3.8, 4) is 0 Å². The topological polar surface area (TPSA) is 92.8 Å². The summed E-state index contributed by atoms with van der Waals surface area (Å²) >= 11 is 0. The molecule has 1 saturated heterocycles. The molecule has 1 rings (SSSR count). The van der Waals surface area contributed by atoms with Gasteiger partial charge in [-0.15, -0.1) is 0 Å². The number of hydrogen-bond donors (Lipinski definition) is 0. The van der Waals surface area contributed by atoms with E-state index in [2.05, 4.69) is 6.92 Å². The molecule has 2 unspecified atom stereocenters. The number of ether oxygens (including phenoxy) is 1. The average molecular weight is 296 g/mol. The lowest BCUT2D eigenvalue weighted by Gasteiger charge is -2.08. The molecule has 0 spiro atoms. The highest BCUT2D eigenvalue weighted by molar-refractivity contribution is 5.92. The van der Waals surface area contributed by atoms with Gasteiger partial charge < -0.3 is 24.5 Å². The molecular formula is C16H24O5-2. The van der Waals surface area contributed by atoms with Gasteiger partial charge >= 0.3 is 0 Å². The maximum absolute atomic E-state index is 10.7. The van der Waals surface area contributed by atoms with Crippen LogP contribution in [0.2, 0.25) is 0 Å². The van der Waals surface area contributed by atoms with Gasteiger partial charge in [0.15, 0.2) is 0 Å². The second kappa shape index (κ2) is 9.55. The molecular weight excluding hydrogens is 272 g/mol. The van der Waals surface area contributed by atoms with E-state index in [1.807, 2.05) is 0 Å². The van der Waals surface area contributed by atoms with Gasteiger partial charge in [0, 0.05) is 0 Å². The van der Waals surface area contributed by atoms with Gasteiger partial charge in [0.2, 0.25) is 0 Å². The molecule has 1 heterocycles. The van der Waals surface area contributed by atoms with Crippen LogP contribution in [-0.4, -0.2) is 24.1 Å². The lowest BCUT2D eigenvalue weighted by Crippen LogP contribution is -2.28. The van der Waals surface area contributed by atoms with Crippen molar-refractivity contribution in [1.29, 1.82) is 0 Å². The molecule has 0 bridgehead atoms. The first-order valence-corrected chi connectivity index (χ1v) is 7.83. The SMILES string of the molecule is CCCCCCCC1OC1CCC/C(=C/C(=O)[O-])C(=O)[O-]. The number of carboxylic acid groups (broad SMARTS) is 2. The molecule has 0 N–H and O–H groups in total. The molecule has 1 aliphatic rings. The second-order valence-electron chi connectivity index (χ2n) is 5.58. The first-order chi connectivity index (χ1) is 10.0. The fraction of sp³-hybridized carbons (Fsp3) is 0.750. The van der Waals surface area contributed by atoms with Crippen molar-refractivity contribution in [3.63, 3.8) is 0 Å². The smallest absolute Gasteiger partial charge is 0.0842 e. The maximum Gasteiger partial charge on any atom is 0.0842 e. The molecule has 0 aliphatic carbocycles. The van der Waals surface area contributed by atoms with Gasteiger partial charge in [-0.2, -0.15) is 0 Å². The molecule has 0 saturated carbocycles. The van der Waals surface area contributed by atoms with E-state index in [9.17, 15) is 19.8 Å². The largest absolute Gasteiger partial charge is 0.545 e. The van der Waals surface area contributed by atoms with Crippen molar-refractivity contribution in [1.82, 2.24) is 0 Å². The Bertz CT molecular complexity index is 375. The fourth-order valence-corrected chi connectivity index (χ4v) is 2.51. The predicted molar refractivity (Wildman–Crippen MR) is 74.0 cm³/mol. The minimum atomic E-state index is -1.50. The molecule has 1 fully saturated rings.